The number of benzene rings is 3. The van der Waals surface area contributed by atoms with Crippen LogP contribution in [0.25, 0.3) is 0 Å². The van der Waals surface area contributed by atoms with E-state index in [-0.39, 0.29) is 5.82 Å². The Bertz CT molecular complexity index is 975. The molecular weight excluding hydrogens is 400 g/mol. The van der Waals surface area contributed by atoms with Crippen molar-refractivity contribution >= 4 is 35.1 Å². The van der Waals surface area contributed by atoms with Gasteiger partial charge in [0.1, 0.15) is 12.4 Å². The van der Waals surface area contributed by atoms with Crippen molar-refractivity contribution in [3.05, 3.63) is 87.7 Å². The van der Waals surface area contributed by atoms with E-state index in [4.69, 9.17) is 32.7 Å². The van der Waals surface area contributed by atoms with Crippen molar-refractivity contribution in [3.8, 4) is 11.5 Å². The molecule has 0 aliphatic carbocycles. The molecule has 0 radical (unpaired) electrons. The Balaban J connectivity index is 1.75. The molecule has 0 saturated heterocycles. The third-order valence-corrected chi connectivity index (χ3v) is 4.58. The molecule has 0 amide bonds. The van der Waals surface area contributed by atoms with Gasteiger partial charge in [0, 0.05) is 6.21 Å². The SMILES string of the molecule is CCOc1cc(C=Nc2ccc(Cl)c(Cl)c2)ccc1OCc1ccc(F)cc1. The molecule has 0 heterocycles. The van der Waals surface area contributed by atoms with Crippen molar-refractivity contribution in [2.24, 2.45) is 4.99 Å². The van der Waals surface area contributed by atoms with Crippen LogP contribution in [0.5, 0.6) is 11.5 Å². The van der Waals surface area contributed by atoms with Crippen molar-refractivity contribution in [3.63, 3.8) is 0 Å². The molecule has 0 bridgehead atoms. The Kier molecular flexibility index (Phi) is 6.90. The minimum Gasteiger partial charge on any atom is -0.490 e. The number of rotatable bonds is 7. The molecule has 0 aromatic heterocycles. The number of hydrogen-bond donors (Lipinski definition) is 0. The van der Waals surface area contributed by atoms with E-state index < -0.39 is 0 Å². The molecule has 0 fully saturated rings. The zero-order valence-electron chi connectivity index (χ0n) is 15.2. The van der Waals surface area contributed by atoms with Crippen LogP contribution in [0.3, 0.4) is 0 Å². The van der Waals surface area contributed by atoms with Gasteiger partial charge in [0.15, 0.2) is 11.5 Å². The summed E-state index contributed by atoms with van der Waals surface area (Å²) in [4.78, 5) is 4.41. The average Bonchev–Trinajstić information content (AvgIpc) is 2.69. The van der Waals surface area contributed by atoms with Crippen molar-refractivity contribution in [1.29, 1.82) is 0 Å². The molecule has 0 N–H and O–H groups in total. The summed E-state index contributed by atoms with van der Waals surface area (Å²) >= 11 is 11.9. The monoisotopic (exact) mass is 417 g/mol. The largest absolute Gasteiger partial charge is 0.490 e. The minimum atomic E-state index is -0.274. The fraction of sp³-hybridized carbons (Fsp3) is 0.136. The van der Waals surface area contributed by atoms with Crippen molar-refractivity contribution in [2.75, 3.05) is 6.61 Å². The number of aliphatic imine (C=N–C) groups is 1. The first-order chi connectivity index (χ1) is 13.5. The molecule has 3 aromatic carbocycles. The lowest BCUT2D eigenvalue weighted by Gasteiger charge is -2.12. The Morgan fingerprint density at radius 3 is 2.39 bits per heavy atom. The van der Waals surface area contributed by atoms with E-state index in [1.54, 1.807) is 36.5 Å². The maximum absolute atomic E-state index is 13.0. The highest BCUT2D eigenvalue weighted by Gasteiger charge is 2.07. The standard InChI is InChI=1S/C22H18Cl2FNO2/c1-2-27-22-11-16(13-26-18-8-9-19(23)20(24)12-18)5-10-21(22)28-14-15-3-6-17(25)7-4-15/h3-13H,2,14H2,1H3. The van der Waals surface area contributed by atoms with E-state index in [9.17, 15) is 4.39 Å². The Labute approximate surface area is 173 Å². The second-order valence-electron chi connectivity index (χ2n) is 5.91. The Morgan fingerprint density at radius 2 is 1.68 bits per heavy atom. The van der Waals surface area contributed by atoms with Crippen molar-refractivity contribution in [2.45, 2.75) is 13.5 Å². The molecule has 28 heavy (non-hydrogen) atoms. The van der Waals surface area contributed by atoms with E-state index in [1.807, 2.05) is 25.1 Å². The second-order valence-corrected chi connectivity index (χ2v) is 6.73. The molecule has 0 saturated carbocycles. The van der Waals surface area contributed by atoms with Crippen LogP contribution >= 0.6 is 23.2 Å². The summed E-state index contributed by atoms with van der Waals surface area (Å²) in [6, 6.07) is 16.9. The van der Waals surface area contributed by atoms with Crippen LogP contribution in [0, 0.1) is 5.82 Å². The summed E-state index contributed by atoms with van der Waals surface area (Å²) in [5, 5.41) is 0.942. The van der Waals surface area contributed by atoms with Gasteiger partial charge in [-0.25, -0.2) is 4.39 Å². The first-order valence-corrected chi connectivity index (χ1v) is 9.44. The van der Waals surface area contributed by atoms with Gasteiger partial charge in [-0.2, -0.15) is 0 Å². The van der Waals surface area contributed by atoms with Crippen LogP contribution in [0.1, 0.15) is 18.1 Å². The van der Waals surface area contributed by atoms with E-state index in [1.165, 1.54) is 12.1 Å². The molecule has 3 nitrogen and oxygen atoms in total. The molecule has 3 aromatic rings. The molecule has 0 spiro atoms. The smallest absolute Gasteiger partial charge is 0.161 e. The molecular formula is C22H18Cl2FNO2. The predicted octanol–water partition coefficient (Wildman–Crippen LogP) is 6.86. The van der Waals surface area contributed by atoms with E-state index in [0.717, 1.165) is 11.1 Å². The maximum Gasteiger partial charge on any atom is 0.161 e. The van der Waals surface area contributed by atoms with Gasteiger partial charge in [-0.15, -0.1) is 0 Å². The predicted molar refractivity (Wildman–Crippen MR) is 112 cm³/mol. The van der Waals surface area contributed by atoms with E-state index in [2.05, 4.69) is 4.99 Å². The maximum atomic E-state index is 13.0. The highest BCUT2D eigenvalue weighted by molar-refractivity contribution is 6.42. The van der Waals surface area contributed by atoms with Crippen LogP contribution < -0.4 is 9.47 Å². The third-order valence-electron chi connectivity index (χ3n) is 3.84. The summed E-state index contributed by atoms with van der Waals surface area (Å²) in [6.45, 7) is 2.72. The van der Waals surface area contributed by atoms with Crippen LogP contribution in [-0.2, 0) is 6.61 Å². The molecule has 0 aliphatic heterocycles. The van der Waals surface area contributed by atoms with Gasteiger partial charge in [0.2, 0.25) is 0 Å². The van der Waals surface area contributed by atoms with Gasteiger partial charge in [-0.05, 0) is 66.6 Å². The molecule has 0 atom stereocenters. The van der Waals surface area contributed by atoms with Crippen molar-refractivity contribution < 1.29 is 13.9 Å². The number of nitrogens with zero attached hydrogens (tertiary/aromatic N) is 1. The lowest BCUT2D eigenvalue weighted by Crippen LogP contribution is -2.00. The van der Waals surface area contributed by atoms with Gasteiger partial charge in [-0.1, -0.05) is 35.3 Å². The first-order valence-electron chi connectivity index (χ1n) is 8.68. The van der Waals surface area contributed by atoms with E-state index in [0.29, 0.717) is 40.4 Å². The zero-order valence-corrected chi connectivity index (χ0v) is 16.7. The van der Waals surface area contributed by atoms with Crippen LogP contribution in [-0.4, -0.2) is 12.8 Å². The molecule has 6 heteroatoms. The summed E-state index contributed by atoms with van der Waals surface area (Å²) < 4.78 is 24.5. The number of halogens is 3. The van der Waals surface area contributed by atoms with Gasteiger partial charge < -0.3 is 9.47 Å². The Morgan fingerprint density at radius 1 is 0.893 bits per heavy atom. The van der Waals surface area contributed by atoms with Crippen LogP contribution in [0.4, 0.5) is 10.1 Å². The lowest BCUT2D eigenvalue weighted by atomic mass is 10.2. The summed E-state index contributed by atoms with van der Waals surface area (Å²) in [6.07, 6.45) is 1.71. The van der Waals surface area contributed by atoms with Crippen molar-refractivity contribution in [1.82, 2.24) is 0 Å². The second kappa shape index (κ2) is 9.58. The minimum absolute atomic E-state index is 0.274. The number of ether oxygens (including phenoxy) is 2. The average molecular weight is 418 g/mol. The lowest BCUT2D eigenvalue weighted by molar-refractivity contribution is 0.269. The quantitative estimate of drug-likeness (QED) is 0.393. The van der Waals surface area contributed by atoms with Gasteiger partial charge in [0.05, 0.1) is 22.3 Å². The molecule has 0 unspecified atom stereocenters. The third kappa shape index (κ3) is 5.47. The van der Waals surface area contributed by atoms with Gasteiger partial charge in [-0.3, -0.25) is 4.99 Å². The fourth-order valence-electron chi connectivity index (χ4n) is 2.45. The normalized spacial score (nSPS) is 11.0. The van der Waals surface area contributed by atoms with E-state index >= 15 is 0 Å². The summed E-state index contributed by atoms with van der Waals surface area (Å²) in [7, 11) is 0. The molecule has 0 aliphatic rings. The van der Waals surface area contributed by atoms with Crippen LogP contribution in [0.15, 0.2) is 65.7 Å². The van der Waals surface area contributed by atoms with Gasteiger partial charge >= 0.3 is 0 Å². The fourth-order valence-corrected chi connectivity index (χ4v) is 2.74. The topological polar surface area (TPSA) is 30.8 Å². The highest BCUT2D eigenvalue weighted by atomic mass is 35.5. The number of hydrogen-bond acceptors (Lipinski definition) is 3. The first kappa shape index (κ1) is 20.2. The zero-order chi connectivity index (χ0) is 19.9. The van der Waals surface area contributed by atoms with Gasteiger partial charge in [0.25, 0.3) is 0 Å². The molecule has 3 rings (SSSR count). The van der Waals surface area contributed by atoms with Crippen LogP contribution in [0.2, 0.25) is 10.0 Å². The summed E-state index contributed by atoms with van der Waals surface area (Å²) in [5.41, 5.74) is 2.42. The highest BCUT2D eigenvalue weighted by Crippen LogP contribution is 2.30. The Hall–Kier alpha value is -2.56. The molecule has 144 valence electrons. The summed E-state index contributed by atoms with van der Waals surface area (Å²) in [5.74, 6) is 0.949.